The normalized spacial score (nSPS) is 16.2. The monoisotopic (exact) mass is 402 g/mol. The zero-order valence-corrected chi connectivity index (χ0v) is 15.8. The van der Waals surface area contributed by atoms with Gasteiger partial charge < -0.3 is 10.8 Å². The molecule has 1 aliphatic rings. The Morgan fingerprint density at radius 1 is 1.21 bits per heavy atom. The number of nitrogens with zero attached hydrogens (tertiary/aromatic N) is 1. The third-order valence-electron chi connectivity index (χ3n) is 4.99. The maximum Gasteiger partial charge on any atom is 0.324 e. The molecule has 3 rings (SSSR count). The number of hydrogen-bond donors (Lipinski definition) is 2. The number of carbonyl (C=O) groups is 1. The second-order valence-corrected chi connectivity index (χ2v) is 6.87. The van der Waals surface area contributed by atoms with Crippen molar-refractivity contribution < 1.29 is 23.1 Å². The van der Waals surface area contributed by atoms with Crippen LogP contribution in [0.1, 0.15) is 30.4 Å². The highest BCUT2D eigenvalue weighted by Crippen LogP contribution is 2.39. The predicted octanol–water partition coefficient (Wildman–Crippen LogP) is 5.00. The van der Waals surface area contributed by atoms with Crippen molar-refractivity contribution >= 4 is 17.4 Å². The number of aliphatic hydroxyl groups is 1. The number of aliphatic hydroxyl groups excluding tert-OH is 1. The Hall–Kier alpha value is -3.06. The van der Waals surface area contributed by atoms with Crippen LogP contribution >= 0.6 is 0 Å². The van der Waals surface area contributed by atoms with Crippen molar-refractivity contribution in [1.82, 2.24) is 0 Å². The molecule has 0 aliphatic heterocycles. The lowest BCUT2D eigenvalue weighted by molar-refractivity contribution is 0.255. The van der Waals surface area contributed by atoms with Gasteiger partial charge in [0.15, 0.2) is 0 Å². The lowest BCUT2D eigenvalue weighted by atomic mass is 9.82. The lowest BCUT2D eigenvalue weighted by Gasteiger charge is -2.27. The SMILES string of the molecule is CC1=CC(F)=CCC1c1cc(N(C(N)=O)c2c(F)cccc2F)ccc1CCO. The van der Waals surface area contributed by atoms with Crippen molar-refractivity contribution in [2.45, 2.75) is 25.7 Å². The summed E-state index contributed by atoms with van der Waals surface area (Å²) >= 11 is 0. The summed E-state index contributed by atoms with van der Waals surface area (Å²) in [6.45, 7) is 1.68. The molecule has 7 heteroatoms. The maximum absolute atomic E-state index is 14.3. The fourth-order valence-electron chi connectivity index (χ4n) is 3.63. The molecule has 0 heterocycles. The largest absolute Gasteiger partial charge is 0.396 e. The van der Waals surface area contributed by atoms with E-state index in [9.17, 15) is 23.1 Å². The number of carbonyl (C=O) groups excluding carboxylic acids is 1. The van der Waals surface area contributed by atoms with Crippen molar-refractivity contribution in [3.63, 3.8) is 0 Å². The Bertz CT molecular complexity index is 981. The molecule has 0 bridgehead atoms. The standard InChI is InChI=1S/C22H21F3N2O2/c1-13-11-15(23)6-8-17(13)18-12-16(7-5-14(18)9-10-28)27(22(26)29)21-19(24)3-2-4-20(21)25/h2-7,11-12,17,28H,8-10H2,1H3,(H2,26,29). The first-order valence-corrected chi connectivity index (χ1v) is 9.14. The lowest BCUT2D eigenvalue weighted by Crippen LogP contribution is -2.33. The van der Waals surface area contributed by atoms with Gasteiger partial charge in [-0.15, -0.1) is 0 Å². The van der Waals surface area contributed by atoms with Crippen LogP contribution in [0.5, 0.6) is 0 Å². The molecule has 1 aliphatic carbocycles. The van der Waals surface area contributed by atoms with Gasteiger partial charge in [0.2, 0.25) is 0 Å². The Morgan fingerprint density at radius 2 is 1.90 bits per heavy atom. The minimum atomic E-state index is -1.04. The summed E-state index contributed by atoms with van der Waals surface area (Å²) in [7, 11) is 0. The first-order valence-electron chi connectivity index (χ1n) is 9.14. The molecule has 2 amide bonds. The first-order chi connectivity index (χ1) is 13.8. The number of urea groups is 1. The maximum atomic E-state index is 14.3. The average molecular weight is 402 g/mol. The fraction of sp³-hybridized carbons (Fsp3) is 0.227. The van der Waals surface area contributed by atoms with Gasteiger partial charge in [-0.05, 0) is 67.3 Å². The molecular formula is C22H21F3N2O2. The number of nitrogens with two attached hydrogens (primary N) is 1. The number of rotatable bonds is 5. The van der Waals surface area contributed by atoms with Gasteiger partial charge in [-0.2, -0.15) is 0 Å². The number of para-hydroxylation sites is 1. The van der Waals surface area contributed by atoms with E-state index in [1.165, 1.54) is 24.3 Å². The Morgan fingerprint density at radius 3 is 2.48 bits per heavy atom. The van der Waals surface area contributed by atoms with Gasteiger partial charge in [-0.25, -0.2) is 18.0 Å². The van der Waals surface area contributed by atoms with E-state index in [-0.39, 0.29) is 24.0 Å². The predicted molar refractivity (Wildman–Crippen MR) is 106 cm³/mol. The molecule has 4 nitrogen and oxygen atoms in total. The second-order valence-electron chi connectivity index (χ2n) is 6.87. The minimum Gasteiger partial charge on any atom is -0.396 e. The van der Waals surface area contributed by atoms with Crippen LogP contribution in [-0.4, -0.2) is 17.7 Å². The van der Waals surface area contributed by atoms with E-state index in [2.05, 4.69) is 0 Å². The minimum absolute atomic E-state index is 0.104. The van der Waals surface area contributed by atoms with Crippen molar-refractivity contribution in [3.05, 3.63) is 82.7 Å². The number of halogens is 3. The van der Waals surface area contributed by atoms with Gasteiger partial charge in [0.25, 0.3) is 0 Å². The van der Waals surface area contributed by atoms with Crippen LogP contribution in [0.25, 0.3) is 0 Å². The van der Waals surface area contributed by atoms with Crippen LogP contribution in [0.2, 0.25) is 0 Å². The summed E-state index contributed by atoms with van der Waals surface area (Å²) in [6.07, 6.45) is 3.61. The van der Waals surface area contributed by atoms with Gasteiger partial charge in [0.1, 0.15) is 23.1 Å². The van der Waals surface area contributed by atoms with E-state index in [0.717, 1.165) is 33.7 Å². The van der Waals surface area contributed by atoms with Gasteiger partial charge in [0.05, 0.1) is 5.69 Å². The van der Waals surface area contributed by atoms with E-state index in [1.807, 2.05) is 0 Å². The third-order valence-corrected chi connectivity index (χ3v) is 4.99. The molecular weight excluding hydrogens is 381 g/mol. The number of benzene rings is 2. The summed E-state index contributed by atoms with van der Waals surface area (Å²) in [5, 5.41) is 9.40. The van der Waals surface area contributed by atoms with Crippen LogP contribution in [0.4, 0.5) is 29.3 Å². The molecule has 0 aromatic heterocycles. The molecule has 0 saturated heterocycles. The number of anilines is 2. The molecule has 1 atom stereocenters. The van der Waals surface area contributed by atoms with E-state index < -0.39 is 23.4 Å². The van der Waals surface area contributed by atoms with Crippen molar-refractivity contribution in [2.75, 3.05) is 11.5 Å². The molecule has 29 heavy (non-hydrogen) atoms. The zero-order chi connectivity index (χ0) is 21.1. The zero-order valence-electron chi connectivity index (χ0n) is 15.8. The van der Waals surface area contributed by atoms with Gasteiger partial charge in [0, 0.05) is 12.5 Å². The average Bonchev–Trinajstić information content (AvgIpc) is 2.65. The van der Waals surface area contributed by atoms with Gasteiger partial charge in [-0.1, -0.05) is 17.7 Å². The van der Waals surface area contributed by atoms with E-state index in [1.54, 1.807) is 19.1 Å². The molecule has 0 saturated carbocycles. The number of amides is 2. The van der Waals surface area contributed by atoms with Crippen molar-refractivity contribution in [1.29, 1.82) is 0 Å². The molecule has 3 N–H and O–H groups in total. The highest BCUT2D eigenvalue weighted by molar-refractivity contribution is 5.98. The highest BCUT2D eigenvalue weighted by atomic mass is 19.1. The van der Waals surface area contributed by atoms with Gasteiger partial charge in [-0.3, -0.25) is 4.90 Å². The second kappa shape index (κ2) is 8.53. The Labute approximate surface area is 166 Å². The summed E-state index contributed by atoms with van der Waals surface area (Å²) < 4.78 is 42.2. The molecule has 0 spiro atoms. The highest BCUT2D eigenvalue weighted by Gasteiger charge is 2.26. The molecule has 152 valence electrons. The van der Waals surface area contributed by atoms with Crippen molar-refractivity contribution in [3.8, 4) is 0 Å². The quantitative estimate of drug-likeness (QED) is 0.739. The number of allylic oxidation sites excluding steroid dienone is 4. The van der Waals surface area contributed by atoms with E-state index >= 15 is 0 Å². The summed E-state index contributed by atoms with van der Waals surface area (Å²) in [6, 6.07) is 7.03. The Kier molecular flexibility index (Phi) is 6.08. The fourth-order valence-corrected chi connectivity index (χ4v) is 3.63. The van der Waals surface area contributed by atoms with Gasteiger partial charge >= 0.3 is 6.03 Å². The smallest absolute Gasteiger partial charge is 0.324 e. The number of hydrogen-bond acceptors (Lipinski definition) is 2. The first kappa shape index (κ1) is 20.7. The molecule has 2 aromatic rings. The van der Waals surface area contributed by atoms with Crippen LogP contribution in [0.15, 0.2) is 60.0 Å². The summed E-state index contributed by atoms with van der Waals surface area (Å²) in [5.74, 6) is -2.38. The molecule has 0 fully saturated rings. The summed E-state index contributed by atoms with van der Waals surface area (Å²) in [5.41, 5.74) is 7.36. The molecule has 1 unspecified atom stereocenters. The topological polar surface area (TPSA) is 66.6 Å². The van der Waals surface area contributed by atoms with Crippen LogP contribution in [0.3, 0.4) is 0 Å². The van der Waals surface area contributed by atoms with Crippen LogP contribution in [0, 0.1) is 11.6 Å². The Balaban J connectivity index is 2.15. The van der Waals surface area contributed by atoms with Crippen LogP contribution < -0.4 is 10.6 Å². The van der Waals surface area contributed by atoms with E-state index in [0.29, 0.717) is 12.8 Å². The third kappa shape index (κ3) is 4.19. The van der Waals surface area contributed by atoms with E-state index in [4.69, 9.17) is 5.73 Å². The van der Waals surface area contributed by atoms with Crippen LogP contribution in [-0.2, 0) is 6.42 Å². The molecule has 0 radical (unpaired) electrons. The van der Waals surface area contributed by atoms with Crippen molar-refractivity contribution in [2.24, 2.45) is 5.73 Å². The number of primary amides is 1. The molecule has 2 aromatic carbocycles. The summed E-state index contributed by atoms with van der Waals surface area (Å²) in [4.78, 5) is 12.9.